The summed E-state index contributed by atoms with van der Waals surface area (Å²) in [5, 5.41) is 0. The molecule has 0 amide bonds. The van der Waals surface area contributed by atoms with E-state index in [0.29, 0.717) is 5.56 Å². The van der Waals surface area contributed by atoms with Crippen molar-refractivity contribution >= 4 is 0 Å². The molecule has 29 heavy (non-hydrogen) atoms. The average Bonchev–Trinajstić information content (AvgIpc) is 2.75. The molecule has 0 heterocycles. The Bertz CT molecular complexity index is 1180. The molecule has 0 nitrogen and oxygen atoms in total. The molecule has 4 aromatic rings. The molecule has 0 unspecified atom stereocenters. The zero-order valence-electron chi connectivity index (χ0n) is 15.5. The van der Waals surface area contributed by atoms with Crippen LogP contribution in [-0.2, 0) is 0 Å². The second-order valence-electron chi connectivity index (χ2n) is 6.79. The normalized spacial score (nSPS) is 10.9. The fraction of sp³-hybridized carbons (Fsp3) is 0.0400. The second-order valence-corrected chi connectivity index (χ2v) is 6.79. The number of hydrogen-bond donors (Lipinski definition) is 0. The first-order chi connectivity index (χ1) is 14.0. The van der Waals surface area contributed by atoms with Gasteiger partial charge in [0.05, 0.1) is 0 Å². The van der Waals surface area contributed by atoms with Crippen LogP contribution in [0.15, 0.2) is 78.9 Å². The third-order valence-electron chi connectivity index (χ3n) is 4.95. The first-order valence-electron chi connectivity index (χ1n) is 9.06. The van der Waals surface area contributed by atoms with Gasteiger partial charge in [0.2, 0.25) is 0 Å². The molecule has 4 heteroatoms. The highest BCUT2D eigenvalue weighted by atomic mass is 19.2. The molecule has 4 rings (SSSR count). The van der Waals surface area contributed by atoms with Gasteiger partial charge in [0.1, 0.15) is 0 Å². The van der Waals surface area contributed by atoms with Crippen LogP contribution in [0.5, 0.6) is 0 Å². The lowest BCUT2D eigenvalue weighted by Gasteiger charge is -2.11. The Kier molecular flexibility index (Phi) is 4.93. The molecular formula is C25H16F4. The smallest absolute Gasteiger partial charge is 0.167 e. The molecule has 0 saturated carbocycles. The summed E-state index contributed by atoms with van der Waals surface area (Å²) in [4.78, 5) is 0. The molecule has 0 N–H and O–H groups in total. The summed E-state index contributed by atoms with van der Waals surface area (Å²) in [6.07, 6.45) is 0. The molecule has 0 atom stereocenters. The minimum atomic E-state index is -1.21. The Balaban J connectivity index is 1.74. The van der Waals surface area contributed by atoms with E-state index in [9.17, 15) is 17.6 Å². The highest BCUT2D eigenvalue weighted by Crippen LogP contribution is 2.34. The monoisotopic (exact) mass is 392 g/mol. The van der Waals surface area contributed by atoms with Crippen LogP contribution in [-0.4, -0.2) is 0 Å². The lowest BCUT2D eigenvalue weighted by Crippen LogP contribution is -1.98. The van der Waals surface area contributed by atoms with Crippen molar-refractivity contribution in [1.29, 1.82) is 0 Å². The minimum Gasteiger partial charge on any atom is -0.203 e. The van der Waals surface area contributed by atoms with E-state index in [-0.39, 0.29) is 22.3 Å². The predicted molar refractivity (Wildman–Crippen MR) is 107 cm³/mol. The summed E-state index contributed by atoms with van der Waals surface area (Å²) in [7, 11) is 0. The van der Waals surface area contributed by atoms with E-state index >= 15 is 0 Å². The van der Waals surface area contributed by atoms with Crippen molar-refractivity contribution in [3.8, 4) is 33.4 Å². The van der Waals surface area contributed by atoms with Gasteiger partial charge in [-0.15, -0.1) is 0 Å². The summed E-state index contributed by atoms with van der Waals surface area (Å²) in [5.41, 5.74) is 1.98. The van der Waals surface area contributed by atoms with Crippen LogP contribution in [0.4, 0.5) is 17.6 Å². The summed E-state index contributed by atoms with van der Waals surface area (Å²) in [5.74, 6) is -4.57. The first kappa shape index (κ1) is 18.9. The van der Waals surface area contributed by atoms with Crippen LogP contribution in [0.3, 0.4) is 0 Å². The van der Waals surface area contributed by atoms with Gasteiger partial charge in [-0.05, 0) is 29.2 Å². The number of halogens is 4. The fourth-order valence-corrected chi connectivity index (χ4v) is 3.31. The van der Waals surface area contributed by atoms with E-state index in [1.54, 1.807) is 12.1 Å². The van der Waals surface area contributed by atoms with Gasteiger partial charge in [-0.1, -0.05) is 78.9 Å². The van der Waals surface area contributed by atoms with E-state index < -0.39 is 23.3 Å². The lowest BCUT2D eigenvalue weighted by atomic mass is 9.96. The molecule has 0 radical (unpaired) electrons. The van der Waals surface area contributed by atoms with Crippen molar-refractivity contribution in [2.24, 2.45) is 0 Å². The van der Waals surface area contributed by atoms with Crippen molar-refractivity contribution in [1.82, 2.24) is 0 Å². The average molecular weight is 392 g/mol. The Morgan fingerprint density at radius 1 is 0.414 bits per heavy atom. The van der Waals surface area contributed by atoms with E-state index in [4.69, 9.17) is 0 Å². The van der Waals surface area contributed by atoms with E-state index in [2.05, 4.69) is 0 Å². The van der Waals surface area contributed by atoms with Gasteiger partial charge in [-0.25, -0.2) is 17.6 Å². The molecule has 0 saturated heterocycles. The third kappa shape index (κ3) is 3.42. The van der Waals surface area contributed by atoms with Crippen LogP contribution in [0.1, 0.15) is 5.56 Å². The zero-order chi connectivity index (χ0) is 20.5. The van der Waals surface area contributed by atoms with Crippen molar-refractivity contribution in [2.75, 3.05) is 0 Å². The largest absolute Gasteiger partial charge is 0.203 e. The van der Waals surface area contributed by atoms with Crippen molar-refractivity contribution in [3.05, 3.63) is 108 Å². The molecule has 0 spiro atoms. The van der Waals surface area contributed by atoms with E-state index in [1.807, 2.05) is 42.5 Å². The van der Waals surface area contributed by atoms with E-state index in [1.165, 1.54) is 31.2 Å². The maximum absolute atomic E-state index is 14.8. The lowest BCUT2D eigenvalue weighted by molar-refractivity contribution is 0.499. The number of aryl methyl sites for hydroxylation is 1. The Hall–Kier alpha value is -3.40. The third-order valence-corrected chi connectivity index (χ3v) is 4.95. The number of hydrogen-bond acceptors (Lipinski definition) is 0. The predicted octanol–water partition coefficient (Wildman–Crippen LogP) is 7.55. The molecule has 0 bridgehead atoms. The van der Waals surface area contributed by atoms with Crippen LogP contribution < -0.4 is 0 Å². The van der Waals surface area contributed by atoms with Crippen molar-refractivity contribution < 1.29 is 17.6 Å². The Labute approximate surface area is 166 Å². The van der Waals surface area contributed by atoms with Gasteiger partial charge in [-0.3, -0.25) is 0 Å². The van der Waals surface area contributed by atoms with Gasteiger partial charge in [0.15, 0.2) is 23.3 Å². The first-order valence-corrected chi connectivity index (χ1v) is 9.06. The summed E-state index contributed by atoms with van der Waals surface area (Å²) < 4.78 is 57.6. The minimum absolute atomic E-state index is 0.0545. The van der Waals surface area contributed by atoms with E-state index in [0.717, 1.165) is 11.1 Å². The SMILES string of the molecule is Cc1ccc(-c2ccc(-c3ccc(-c4ccccc4)cc3)c(F)c2F)c(F)c1F. The van der Waals surface area contributed by atoms with Gasteiger partial charge >= 0.3 is 0 Å². The molecule has 0 fully saturated rings. The number of rotatable bonds is 3. The van der Waals surface area contributed by atoms with Crippen LogP contribution in [0, 0.1) is 30.2 Å². The van der Waals surface area contributed by atoms with Crippen LogP contribution in [0.25, 0.3) is 33.4 Å². The topological polar surface area (TPSA) is 0 Å². The summed E-state index contributed by atoms with van der Waals surface area (Å²) in [6, 6.07) is 22.0. The second kappa shape index (κ2) is 7.55. The standard InChI is InChI=1S/C25H16F4/c1-15-7-12-20(24(28)22(15)26)21-14-13-19(23(27)25(21)29)18-10-8-17(9-11-18)16-5-3-2-4-6-16/h2-14H,1H3. The highest BCUT2D eigenvalue weighted by molar-refractivity contribution is 5.74. The summed E-state index contributed by atoms with van der Waals surface area (Å²) >= 11 is 0. The van der Waals surface area contributed by atoms with Gasteiger partial charge in [-0.2, -0.15) is 0 Å². The molecule has 0 aromatic heterocycles. The molecule has 0 aliphatic carbocycles. The molecule has 0 aliphatic rings. The van der Waals surface area contributed by atoms with Gasteiger partial charge < -0.3 is 0 Å². The molecule has 4 aromatic carbocycles. The molecule has 0 aliphatic heterocycles. The Morgan fingerprint density at radius 3 is 1.52 bits per heavy atom. The number of benzene rings is 4. The quantitative estimate of drug-likeness (QED) is 0.316. The van der Waals surface area contributed by atoms with Crippen molar-refractivity contribution in [2.45, 2.75) is 6.92 Å². The Morgan fingerprint density at radius 2 is 0.862 bits per heavy atom. The van der Waals surface area contributed by atoms with Crippen molar-refractivity contribution in [3.63, 3.8) is 0 Å². The fourth-order valence-electron chi connectivity index (χ4n) is 3.31. The van der Waals surface area contributed by atoms with Crippen LogP contribution >= 0.6 is 0 Å². The highest BCUT2D eigenvalue weighted by Gasteiger charge is 2.20. The summed E-state index contributed by atoms with van der Waals surface area (Å²) in [6.45, 7) is 1.40. The molecular weight excluding hydrogens is 376 g/mol. The molecule has 144 valence electrons. The van der Waals surface area contributed by atoms with Gasteiger partial charge in [0.25, 0.3) is 0 Å². The maximum atomic E-state index is 14.8. The maximum Gasteiger partial charge on any atom is 0.167 e. The van der Waals surface area contributed by atoms with Crippen LogP contribution in [0.2, 0.25) is 0 Å². The van der Waals surface area contributed by atoms with Gasteiger partial charge in [0, 0.05) is 16.7 Å². The zero-order valence-corrected chi connectivity index (χ0v) is 15.5.